The first kappa shape index (κ1) is 23.9. The van der Waals surface area contributed by atoms with Crippen molar-refractivity contribution >= 4 is 39.6 Å². The van der Waals surface area contributed by atoms with Gasteiger partial charge in [0, 0.05) is 13.1 Å². The molecule has 1 N–H and O–H groups in total. The molecule has 1 saturated heterocycles. The van der Waals surface area contributed by atoms with E-state index < -0.39 is 11.9 Å². The standard InChI is InChI=1S/C25H23N5O4S/c1-33-21-7-5-6-18(15-21)23(32)34-20-10-8-17(9-11-20)14-19(16-26)22(31)27-24-28-29-25(35-24)30-12-3-2-4-13-30/h5-11,14-15H,2-4,12-13H2,1H3,(H,27,28,31)/b19-14-. The third kappa shape index (κ3) is 6.22. The lowest BCUT2D eigenvalue weighted by atomic mass is 10.1. The molecule has 10 heteroatoms. The van der Waals surface area contributed by atoms with Gasteiger partial charge < -0.3 is 14.4 Å². The zero-order valence-corrected chi connectivity index (χ0v) is 19.9. The average molecular weight is 490 g/mol. The van der Waals surface area contributed by atoms with Crippen LogP contribution in [0.15, 0.2) is 54.1 Å². The van der Waals surface area contributed by atoms with Gasteiger partial charge in [0.15, 0.2) is 0 Å². The molecule has 1 amide bonds. The topological polar surface area (TPSA) is 117 Å². The van der Waals surface area contributed by atoms with E-state index in [0.29, 0.717) is 27.8 Å². The van der Waals surface area contributed by atoms with E-state index in [9.17, 15) is 14.9 Å². The van der Waals surface area contributed by atoms with Gasteiger partial charge in [0.2, 0.25) is 10.3 Å². The van der Waals surface area contributed by atoms with Gasteiger partial charge in [0.25, 0.3) is 5.91 Å². The molecule has 0 aliphatic carbocycles. The van der Waals surface area contributed by atoms with Gasteiger partial charge in [-0.3, -0.25) is 10.1 Å². The molecule has 1 aromatic heterocycles. The Morgan fingerprint density at radius 3 is 2.57 bits per heavy atom. The maximum absolute atomic E-state index is 12.6. The average Bonchev–Trinajstić information content (AvgIpc) is 3.37. The van der Waals surface area contributed by atoms with E-state index in [2.05, 4.69) is 20.4 Å². The number of amides is 1. The maximum Gasteiger partial charge on any atom is 0.343 e. The minimum atomic E-state index is -0.567. The van der Waals surface area contributed by atoms with E-state index in [0.717, 1.165) is 31.1 Å². The molecule has 0 spiro atoms. The van der Waals surface area contributed by atoms with E-state index in [1.165, 1.54) is 30.9 Å². The van der Waals surface area contributed by atoms with Gasteiger partial charge in [0.05, 0.1) is 12.7 Å². The highest BCUT2D eigenvalue weighted by Crippen LogP contribution is 2.27. The highest BCUT2D eigenvalue weighted by atomic mass is 32.1. The number of aromatic nitrogens is 2. The summed E-state index contributed by atoms with van der Waals surface area (Å²) in [5, 5.41) is 21.4. The number of hydrogen-bond donors (Lipinski definition) is 1. The summed E-state index contributed by atoms with van der Waals surface area (Å²) in [6.45, 7) is 1.85. The molecule has 3 aromatic rings. The second kappa shape index (κ2) is 11.3. The number of rotatable bonds is 7. The first-order chi connectivity index (χ1) is 17.1. The van der Waals surface area contributed by atoms with Gasteiger partial charge in [-0.05, 0) is 61.2 Å². The van der Waals surface area contributed by atoms with Crippen LogP contribution in [0.2, 0.25) is 0 Å². The predicted octanol–water partition coefficient (Wildman–Crippen LogP) is 4.30. The highest BCUT2D eigenvalue weighted by Gasteiger charge is 2.18. The van der Waals surface area contributed by atoms with Gasteiger partial charge >= 0.3 is 5.97 Å². The van der Waals surface area contributed by atoms with Gasteiger partial charge in [-0.2, -0.15) is 5.26 Å². The number of benzene rings is 2. The van der Waals surface area contributed by atoms with Crippen LogP contribution in [0.3, 0.4) is 0 Å². The fourth-order valence-corrected chi connectivity index (χ4v) is 4.30. The fourth-order valence-electron chi connectivity index (χ4n) is 3.51. The van der Waals surface area contributed by atoms with E-state index in [1.54, 1.807) is 48.5 Å². The van der Waals surface area contributed by atoms with Crippen LogP contribution in [0, 0.1) is 11.3 Å². The van der Waals surface area contributed by atoms with Crippen LogP contribution in [0.1, 0.15) is 35.2 Å². The Hall–Kier alpha value is -4.23. The molecule has 0 radical (unpaired) electrons. The number of piperidine rings is 1. The first-order valence-electron chi connectivity index (χ1n) is 11.0. The normalized spacial score (nSPS) is 13.6. The molecule has 2 heterocycles. The van der Waals surface area contributed by atoms with Crippen molar-refractivity contribution in [2.24, 2.45) is 0 Å². The Kier molecular flexibility index (Phi) is 7.70. The van der Waals surface area contributed by atoms with E-state index in [1.807, 2.05) is 6.07 Å². The van der Waals surface area contributed by atoms with Crippen LogP contribution in [0.5, 0.6) is 11.5 Å². The van der Waals surface area contributed by atoms with Gasteiger partial charge in [-0.15, -0.1) is 10.2 Å². The number of methoxy groups -OCH3 is 1. The number of nitriles is 1. The van der Waals surface area contributed by atoms with Crippen LogP contribution in [-0.2, 0) is 4.79 Å². The summed E-state index contributed by atoms with van der Waals surface area (Å²) in [7, 11) is 1.52. The van der Waals surface area contributed by atoms with E-state index >= 15 is 0 Å². The molecule has 4 rings (SSSR count). The Morgan fingerprint density at radius 1 is 1.09 bits per heavy atom. The van der Waals surface area contributed by atoms with Crippen LogP contribution in [-0.4, -0.2) is 42.3 Å². The van der Waals surface area contributed by atoms with Gasteiger partial charge in [0.1, 0.15) is 23.1 Å². The molecular weight excluding hydrogens is 466 g/mol. The number of nitrogens with zero attached hydrogens (tertiary/aromatic N) is 4. The van der Waals surface area contributed by atoms with Crippen LogP contribution >= 0.6 is 11.3 Å². The third-order valence-electron chi connectivity index (χ3n) is 5.33. The molecule has 0 atom stereocenters. The molecule has 35 heavy (non-hydrogen) atoms. The number of hydrogen-bond acceptors (Lipinski definition) is 9. The predicted molar refractivity (Wildman–Crippen MR) is 133 cm³/mol. The van der Waals surface area contributed by atoms with Crippen molar-refractivity contribution in [1.82, 2.24) is 10.2 Å². The second-order valence-electron chi connectivity index (χ2n) is 7.75. The Morgan fingerprint density at radius 2 is 1.86 bits per heavy atom. The molecule has 0 unspecified atom stereocenters. The molecular formula is C25H23N5O4S. The summed E-state index contributed by atoms with van der Waals surface area (Å²) in [4.78, 5) is 27.1. The lowest BCUT2D eigenvalue weighted by Crippen LogP contribution is -2.29. The minimum absolute atomic E-state index is 0.0825. The second-order valence-corrected chi connectivity index (χ2v) is 8.71. The first-order valence-corrected chi connectivity index (χ1v) is 11.9. The number of esters is 1. The monoisotopic (exact) mass is 489 g/mol. The van der Waals surface area contributed by atoms with Gasteiger partial charge in [-0.1, -0.05) is 29.5 Å². The zero-order chi connectivity index (χ0) is 24.6. The number of nitrogens with one attached hydrogen (secondary N) is 1. The summed E-state index contributed by atoms with van der Waals surface area (Å²) in [6.07, 6.45) is 4.89. The molecule has 9 nitrogen and oxygen atoms in total. The smallest absolute Gasteiger partial charge is 0.343 e. The highest BCUT2D eigenvalue weighted by molar-refractivity contribution is 7.19. The number of carbonyl (C=O) groups excluding carboxylic acids is 2. The summed E-state index contributed by atoms with van der Waals surface area (Å²) in [6, 6.07) is 15.1. The lowest BCUT2D eigenvalue weighted by Gasteiger charge is -2.25. The lowest BCUT2D eigenvalue weighted by molar-refractivity contribution is -0.112. The number of anilines is 2. The van der Waals surface area contributed by atoms with Crippen molar-refractivity contribution in [1.29, 1.82) is 5.26 Å². The minimum Gasteiger partial charge on any atom is -0.497 e. The molecule has 1 aliphatic heterocycles. The number of carbonyl (C=O) groups is 2. The Balaban J connectivity index is 1.38. The van der Waals surface area contributed by atoms with E-state index in [4.69, 9.17) is 9.47 Å². The van der Waals surface area contributed by atoms with Gasteiger partial charge in [-0.25, -0.2) is 4.79 Å². The third-order valence-corrected chi connectivity index (χ3v) is 6.23. The quantitative estimate of drug-likeness (QED) is 0.226. The van der Waals surface area contributed by atoms with Crippen molar-refractivity contribution in [2.75, 3.05) is 30.4 Å². The molecule has 0 bridgehead atoms. The van der Waals surface area contributed by atoms with Crippen LogP contribution in [0.25, 0.3) is 6.08 Å². The molecule has 2 aromatic carbocycles. The largest absolute Gasteiger partial charge is 0.497 e. The van der Waals surface area contributed by atoms with Crippen LogP contribution < -0.4 is 19.7 Å². The molecule has 1 aliphatic rings. The SMILES string of the molecule is COc1cccc(C(=O)Oc2ccc(/C=C(/C#N)C(=O)Nc3nnc(N4CCCCC4)s3)cc2)c1. The maximum atomic E-state index is 12.6. The molecule has 1 fully saturated rings. The van der Waals surface area contributed by atoms with Crippen molar-refractivity contribution in [2.45, 2.75) is 19.3 Å². The summed E-state index contributed by atoms with van der Waals surface area (Å²) in [5.41, 5.74) is 0.877. The summed E-state index contributed by atoms with van der Waals surface area (Å²) >= 11 is 1.29. The van der Waals surface area contributed by atoms with Crippen molar-refractivity contribution in [3.8, 4) is 17.6 Å². The molecule has 178 valence electrons. The zero-order valence-electron chi connectivity index (χ0n) is 19.1. The van der Waals surface area contributed by atoms with Crippen molar-refractivity contribution < 1.29 is 19.1 Å². The Bertz CT molecular complexity index is 1270. The van der Waals surface area contributed by atoms with Crippen LogP contribution in [0.4, 0.5) is 10.3 Å². The number of ether oxygens (including phenoxy) is 2. The Labute approximate surface area is 206 Å². The van der Waals surface area contributed by atoms with E-state index in [-0.39, 0.29) is 5.57 Å². The fraction of sp³-hybridized carbons (Fsp3) is 0.240. The summed E-state index contributed by atoms with van der Waals surface area (Å²) in [5.74, 6) is -0.205. The van der Waals surface area contributed by atoms with Crippen molar-refractivity contribution in [3.05, 3.63) is 65.2 Å². The molecule has 0 saturated carbocycles. The summed E-state index contributed by atoms with van der Waals surface area (Å²) < 4.78 is 10.5. The van der Waals surface area contributed by atoms with Crippen molar-refractivity contribution in [3.63, 3.8) is 0 Å².